The maximum absolute atomic E-state index is 14.1. The van der Waals surface area contributed by atoms with Crippen molar-refractivity contribution in [3.05, 3.63) is 72.5 Å². The van der Waals surface area contributed by atoms with E-state index in [0.717, 1.165) is 21.8 Å². The van der Waals surface area contributed by atoms with Crippen molar-refractivity contribution in [1.29, 1.82) is 0 Å². The molecule has 0 bridgehead atoms. The Morgan fingerprint density at radius 1 is 0.947 bits per heavy atom. The molecule has 2 aliphatic heterocycles. The Labute approximate surface area is 221 Å². The third kappa shape index (κ3) is 5.19. The molecule has 3 aromatic carbocycles. The maximum Gasteiger partial charge on any atom is 0.264 e. The molecule has 0 N–H and O–H groups in total. The molecule has 0 aliphatic carbocycles. The number of piperazine rings is 1. The highest BCUT2D eigenvalue weighted by Gasteiger charge is 2.32. The summed E-state index contributed by atoms with van der Waals surface area (Å²) in [5.41, 5.74) is 0.991. The van der Waals surface area contributed by atoms with Gasteiger partial charge in [-0.3, -0.25) is 9.10 Å². The second kappa shape index (κ2) is 10.8. The monoisotopic (exact) mass is 541 g/mol. The number of para-hydroxylation sites is 2. The minimum absolute atomic E-state index is 0.0564. The van der Waals surface area contributed by atoms with E-state index in [2.05, 4.69) is 4.90 Å². The zero-order chi connectivity index (χ0) is 26.7. The average molecular weight is 542 g/mol. The molecule has 0 spiro atoms. The first-order chi connectivity index (χ1) is 18.4. The lowest BCUT2D eigenvalue weighted by Crippen LogP contribution is -2.52. The fraction of sp³-hybridized carbons (Fsp3) is 0.296. The Balaban J connectivity index is 1.37. The zero-order valence-electron chi connectivity index (χ0n) is 20.9. The molecule has 0 radical (unpaired) electrons. The Morgan fingerprint density at radius 3 is 2.42 bits per heavy atom. The molecular formula is C27H28FN3O6S. The van der Waals surface area contributed by atoms with E-state index in [-0.39, 0.29) is 16.5 Å². The molecule has 2 heterocycles. The molecule has 1 fully saturated rings. The van der Waals surface area contributed by atoms with E-state index < -0.39 is 22.4 Å². The van der Waals surface area contributed by atoms with Gasteiger partial charge in [-0.15, -0.1) is 0 Å². The standard InChI is InChI=1S/C27H28FN3O6S/c1-35-24-8-3-2-7-23(24)29-11-13-30(14-12-29)27(32)19-31(21-6-4-5-20(28)17-21)38(33,34)22-9-10-25-26(18-22)37-16-15-36-25/h2-10,17-18H,11-16,19H2,1H3. The van der Waals surface area contributed by atoms with E-state index in [9.17, 15) is 17.6 Å². The number of halogens is 1. The molecule has 1 saturated heterocycles. The first kappa shape index (κ1) is 25.7. The van der Waals surface area contributed by atoms with E-state index in [4.69, 9.17) is 14.2 Å². The average Bonchev–Trinajstić information content (AvgIpc) is 2.95. The van der Waals surface area contributed by atoms with Crippen LogP contribution in [0.4, 0.5) is 15.8 Å². The maximum atomic E-state index is 14.1. The predicted octanol–water partition coefficient (Wildman–Crippen LogP) is 3.15. The highest BCUT2D eigenvalue weighted by molar-refractivity contribution is 7.92. The van der Waals surface area contributed by atoms with Crippen molar-refractivity contribution < 1.29 is 31.8 Å². The number of fused-ring (bicyclic) bond motifs is 1. The van der Waals surface area contributed by atoms with Crippen LogP contribution in [0.3, 0.4) is 0 Å². The lowest BCUT2D eigenvalue weighted by molar-refractivity contribution is -0.129. The zero-order valence-corrected chi connectivity index (χ0v) is 21.7. The molecule has 3 aromatic rings. The number of amides is 1. The summed E-state index contributed by atoms with van der Waals surface area (Å²) in [5, 5.41) is 0. The smallest absolute Gasteiger partial charge is 0.264 e. The van der Waals surface area contributed by atoms with Crippen LogP contribution in [0.25, 0.3) is 0 Å². The normalized spacial score (nSPS) is 15.2. The number of anilines is 2. The van der Waals surface area contributed by atoms with Gasteiger partial charge in [-0.1, -0.05) is 18.2 Å². The highest BCUT2D eigenvalue weighted by Crippen LogP contribution is 2.34. The molecule has 5 rings (SSSR count). The molecule has 2 aliphatic rings. The second-order valence-corrected chi connectivity index (χ2v) is 10.7. The van der Waals surface area contributed by atoms with Crippen LogP contribution in [0, 0.1) is 5.82 Å². The quantitative estimate of drug-likeness (QED) is 0.454. The lowest BCUT2D eigenvalue weighted by atomic mass is 10.2. The molecule has 200 valence electrons. The predicted molar refractivity (Wildman–Crippen MR) is 140 cm³/mol. The summed E-state index contributed by atoms with van der Waals surface area (Å²) in [4.78, 5) is 17.0. The fourth-order valence-electron chi connectivity index (χ4n) is 4.57. The number of ether oxygens (including phenoxy) is 3. The van der Waals surface area contributed by atoms with Gasteiger partial charge in [0.1, 0.15) is 31.3 Å². The van der Waals surface area contributed by atoms with Crippen molar-refractivity contribution in [2.24, 2.45) is 0 Å². The van der Waals surface area contributed by atoms with Crippen LogP contribution in [0.2, 0.25) is 0 Å². The van der Waals surface area contributed by atoms with Gasteiger partial charge in [0.2, 0.25) is 5.91 Å². The van der Waals surface area contributed by atoms with Gasteiger partial charge in [-0.2, -0.15) is 0 Å². The SMILES string of the molecule is COc1ccccc1N1CCN(C(=O)CN(c2cccc(F)c2)S(=O)(=O)c2ccc3c(c2)OCCO3)CC1. The van der Waals surface area contributed by atoms with Gasteiger partial charge >= 0.3 is 0 Å². The van der Waals surface area contributed by atoms with Gasteiger partial charge in [0.25, 0.3) is 10.0 Å². The number of benzene rings is 3. The Hall–Kier alpha value is -3.99. The molecule has 1 amide bonds. The summed E-state index contributed by atoms with van der Waals surface area (Å²) < 4.78 is 59.1. The van der Waals surface area contributed by atoms with Crippen LogP contribution >= 0.6 is 0 Å². The highest BCUT2D eigenvalue weighted by atomic mass is 32.2. The Morgan fingerprint density at radius 2 is 1.68 bits per heavy atom. The van der Waals surface area contributed by atoms with Crippen molar-refractivity contribution in [2.45, 2.75) is 4.90 Å². The number of carbonyl (C=O) groups is 1. The Bertz CT molecular complexity index is 1430. The van der Waals surface area contributed by atoms with E-state index in [1.165, 1.54) is 36.4 Å². The van der Waals surface area contributed by atoms with E-state index >= 15 is 0 Å². The van der Waals surface area contributed by atoms with Gasteiger partial charge in [0.05, 0.1) is 23.4 Å². The van der Waals surface area contributed by atoms with E-state index in [0.29, 0.717) is 50.9 Å². The largest absolute Gasteiger partial charge is 0.495 e. The first-order valence-corrected chi connectivity index (χ1v) is 13.6. The molecule has 11 heteroatoms. The summed E-state index contributed by atoms with van der Waals surface area (Å²) in [5.74, 6) is 0.500. The van der Waals surface area contributed by atoms with Crippen molar-refractivity contribution >= 4 is 27.3 Å². The van der Waals surface area contributed by atoms with Crippen molar-refractivity contribution in [2.75, 3.05) is 62.3 Å². The van der Waals surface area contributed by atoms with E-state index in [1.807, 2.05) is 24.3 Å². The number of carbonyl (C=O) groups excluding carboxylic acids is 1. The van der Waals surface area contributed by atoms with Crippen LogP contribution < -0.4 is 23.4 Å². The van der Waals surface area contributed by atoms with Gasteiger partial charge in [0.15, 0.2) is 11.5 Å². The van der Waals surface area contributed by atoms with Gasteiger partial charge in [-0.25, -0.2) is 12.8 Å². The van der Waals surface area contributed by atoms with Crippen LogP contribution in [0.5, 0.6) is 17.2 Å². The molecule has 0 aromatic heterocycles. The third-order valence-corrected chi connectivity index (χ3v) is 8.30. The summed E-state index contributed by atoms with van der Waals surface area (Å²) in [6.07, 6.45) is 0. The number of hydrogen-bond donors (Lipinski definition) is 0. The second-order valence-electron chi connectivity index (χ2n) is 8.84. The number of hydrogen-bond acceptors (Lipinski definition) is 7. The fourth-order valence-corrected chi connectivity index (χ4v) is 5.99. The van der Waals surface area contributed by atoms with Crippen LogP contribution in [-0.4, -0.2) is 72.3 Å². The lowest BCUT2D eigenvalue weighted by Gasteiger charge is -2.37. The molecule has 0 saturated carbocycles. The molecule has 0 atom stereocenters. The van der Waals surface area contributed by atoms with Gasteiger partial charge in [-0.05, 0) is 42.5 Å². The van der Waals surface area contributed by atoms with Crippen molar-refractivity contribution in [3.8, 4) is 17.2 Å². The Kier molecular flexibility index (Phi) is 7.28. The third-order valence-electron chi connectivity index (χ3n) is 6.53. The van der Waals surface area contributed by atoms with Gasteiger partial charge < -0.3 is 24.0 Å². The summed E-state index contributed by atoms with van der Waals surface area (Å²) in [7, 11) is -2.63. The minimum Gasteiger partial charge on any atom is -0.495 e. The number of methoxy groups -OCH3 is 1. The number of nitrogens with zero attached hydrogens (tertiary/aromatic N) is 3. The topological polar surface area (TPSA) is 88.6 Å². The number of rotatable bonds is 7. The first-order valence-electron chi connectivity index (χ1n) is 12.2. The molecular weight excluding hydrogens is 513 g/mol. The van der Waals surface area contributed by atoms with E-state index in [1.54, 1.807) is 12.0 Å². The van der Waals surface area contributed by atoms with Crippen molar-refractivity contribution in [1.82, 2.24) is 4.90 Å². The molecule has 38 heavy (non-hydrogen) atoms. The van der Waals surface area contributed by atoms with Crippen LogP contribution in [-0.2, 0) is 14.8 Å². The summed E-state index contributed by atoms with van der Waals surface area (Å²) in [6.45, 7) is 2.10. The summed E-state index contributed by atoms with van der Waals surface area (Å²) >= 11 is 0. The van der Waals surface area contributed by atoms with Gasteiger partial charge in [0, 0.05) is 32.2 Å². The summed E-state index contributed by atoms with van der Waals surface area (Å²) in [6, 6.07) is 17.1. The number of sulfonamides is 1. The van der Waals surface area contributed by atoms with Crippen LogP contribution in [0.15, 0.2) is 71.6 Å². The molecule has 9 nitrogen and oxygen atoms in total. The molecule has 0 unspecified atom stereocenters. The van der Waals surface area contributed by atoms with Crippen LogP contribution in [0.1, 0.15) is 0 Å². The minimum atomic E-state index is -4.24. The van der Waals surface area contributed by atoms with Crippen molar-refractivity contribution in [3.63, 3.8) is 0 Å².